The van der Waals surface area contributed by atoms with E-state index in [1.807, 2.05) is 4.90 Å². The molecule has 1 aromatic carbocycles. The van der Waals surface area contributed by atoms with Crippen LogP contribution in [0.2, 0.25) is 0 Å². The van der Waals surface area contributed by atoms with Crippen molar-refractivity contribution in [2.45, 2.75) is 13.0 Å². The van der Waals surface area contributed by atoms with E-state index in [0.717, 1.165) is 25.7 Å². The van der Waals surface area contributed by atoms with Crippen molar-refractivity contribution >= 4 is 18.1 Å². The Labute approximate surface area is 100 Å². The maximum Gasteiger partial charge on any atom is 0.128 e. The molecule has 2 rings (SSSR count). The summed E-state index contributed by atoms with van der Waals surface area (Å²) in [5.41, 5.74) is 0.626. The summed E-state index contributed by atoms with van der Waals surface area (Å²) in [6, 6.07) is 4.00. The predicted molar refractivity (Wildman–Crippen MR) is 63.3 cm³/mol. The van der Waals surface area contributed by atoms with E-state index in [-0.39, 0.29) is 12.4 Å². The van der Waals surface area contributed by atoms with Crippen molar-refractivity contribution in [2.75, 3.05) is 24.5 Å². The van der Waals surface area contributed by atoms with Gasteiger partial charge in [-0.25, -0.2) is 8.78 Å². The van der Waals surface area contributed by atoms with Crippen LogP contribution >= 0.6 is 12.4 Å². The molecule has 1 atom stereocenters. The molecule has 16 heavy (non-hydrogen) atoms. The van der Waals surface area contributed by atoms with Gasteiger partial charge >= 0.3 is 0 Å². The van der Waals surface area contributed by atoms with E-state index in [4.69, 9.17) is 0 Å². The van der Waals surface area contributed by atoms with E-state index in [0.29, 0.717) is 11.7 Å². The molecule has 0 saturated carbocycles. The second-order valence-electron chi connectivity index (χ2n) is 3.93. The van der Waals surface area contributed by atoms with Gasteiger partial charge in [-0.15, -0.1) is 12.4 Å². The molecule has 0 aliphatic carbocycles. The number of nitrogens with one attached hydrogen (secondary N) is 1. The molecule has 1 aliphatic heterocycles. The van der Waals surface area contributed by atoms with Crippen molar-refractivity contribution in [3.8, 4) is 0 Å². The summed E-state index contributed by atoms with van der Waals surface area (Å²) in [4.78, 5) is 1.99. The molecule has 0 amide bonds. The maximum atomic E-state index is 13.0. The van der Waals surface area contributed by atoms with Gasteiger partial charge in [-0.05, 0) is 19.1 Å². The largest absolute Gasteiger partial charge is 0.369 e. The van der Waals surface area contributed by atoms with E-state index in [2.05, 4.69) is 12.2 Å². The molecule has 1 fully saturated rings. The van der Waals surface area contributed by atoms with Crippen LogP contribution in [0.25, 0.3) is 0 Å². The molecule has 1 N–H and O–H groups in total. The molecule has 1 saturated heterocycles. The first-order valence-corrected chi connectivity index (χ1v) is 5.09. The van der Waals surface area contributed by atoms with E-state index in [1.165, 1.54) is 12.1 Å². The van der Waals surface area contributed by atoms with Crippen LogP contribution in [-0.4, -0.2) is 25.7 Å². The van der Waals surface area contributed by atoms with Crippen LogP contribution in [0.4, 0.5) is 14.5 Å². The Bertz CT molecular complexity index is 340. The number of hydrogen-bond donors (Lipinski definition) is 1. The Morgan fingerprint density at radius 1 is 1.25 bits per heavy atom. The fourth-order valence-electron chi connectivity index (χ4n) is 1.89. The van der Waals surface area contributed by atoms with Crippen molar-refractivity contribution in [3.63, 3.8) is 0 Å². The summed E-state index contributed by atoms with van der Waals surface area (Å²) in [5, 5.41) is 3.28. The molecular formula is C11H15ClF2N2. The lowest BCUT2D eigenvalue weighted by molar-refractivity contribution is 0.482. The van der Waals surface area contributed by atoms with Crippen LogP contribution in [-0.2, 0) is 0 Å². The van der Waals surface area contributed by atoms with Crippen molar-refractivity contribution in [1.29, 1.82) is 0 Å². The van der Waals surface area contributed by atoms with Crippen LogP contribution in [0, 0.1) is 11.6 Å². The molecule has 1 aliphatic rings. The number of halogens is 3. The highest BCUT2D eigenvalue weighted by molar-refractivity contribution is 5.85. The molecule has 1 unspecified atom stereocenters. The number of piperazine rings is 1. The van der Waals surface area contributed by atoms with Crippen molar-refractivity contribution in [2.24, 2.45) is 0 Å². The van der Waals surface area contributed by atoms with Gasteiger partial charge in [0.2, 0.25) is 0 Å². The van der Waals surface area contributed by atoms with Gasteiger partial charge in [0, 0.05) is 37.4 Å². The molecule has 0 bridgehead atoms. The minimum Gasteiger partial charge on any atom is -0.369 e. The average Bonchev–Trinajstić information content (AvgIpc) is 2.16. The zero-order valence-corrected chi connectivity index (χ0v) is 9.86. The Morgan fingerprint density at radius 3 is 2.44 bits per heavy atom. The van der Waals surface area contributed by atoms with Gasteiger partial charge in [0.15, 0.2) is 0 Å². The summed E-state index contributed by atoms with van der Waals surface area (Å²) >= 11 is 0. The van der Waals surface area contributed by atoms with Gasteiger partial charge < -0.3 is 10.2 Å². The topological polar surface area (TPSA) is 15.3 Å². The molecule has 90 valence electrons. The average molecular weight is 249 g/mol. The number of rotatable bonds is 1. The maximum absolute atomic E-state index is 13.0. The quantitative estimate of drug-likeness (QED) is 0.820. The lowest BCUT2D eigenvalue weighted by Crippen LogP contribution is -2.49. The zero-order chi connectivity index (χ0) is 10.8. The summed E-state index contributed by atoms with van der Waals surface area (Å²) in [7, 11) is 0. The standard InChI is InChI=1S/C11H14F2N2.ClH/c1-8-7-15(3-2-14-8)11-5-9(12)4-10(13)6-11;/h4-6,8,14H,2-3,7H2,1H3;1H. The third-order valence-corrected chi connectivity index (χ3v) is 2.58. The highest BCUT2D eigenvalue weighted by atomic mass is 35.5. The smallest absolute Gasteiger partial charge is 0.128 e. The second-order valence-corrected chi connectivity index (χ2v) is 3.93. The number of benzene rings is 1. The van der Waals surface area contributed by atoms with E-state index >= 15 is 0 Å². The molecular weight excluding hydrogens is 234 g/mol. The SMILES string of the molecule is CC1CN(c2cc(F)cc(F)c2)CCN1.Cl. The lowest BCUT2D eigenvalue weighted by Gasteiger charge is -2.33. The van der Waals surface area contributed by atoms with Crippen molar-refractivity contribution < 1.29 is 8.78 Å². The van der Waals surface area contributed by atoms with E-state index < -0.39 is 11.6 Å². The molecule has 0 aromatic heterocycles. The molecule has 2 nitrogen and oxygen atoms in total. The normalized spacial score (nSPS) is 20.4. The molecule has 0 spiro atoms. The Balaban J connectivity index is 0.00000128. The fraction of sp³-hybridized carbons (Fsp3) is 0.455. The fourth-order valence-corrected chi connectivity index (χ4v) is 1.89. The number of hydrogen-bond acceptors (Lipinski definition) is 2. The van der Waals surface area contributed by atoms with Gasteiger partial charge in [-0.2, -0.15) is 0 Å². The first-order valence-electron chi connectivity index (χ1n) is 5.09. The third kappa shape index (κ3) is 3.06. The third-order valence-electron chi connectivity index (χ3n) is 2.58. The van der Waals surface area contributed by atoms with E-state index in [9.17, 15) is 8.78 Å². The van der Waals surface area contributed by atoms with E-state index in [1.54, 1.807) is 0 Å². The summed E-state index contributed by atoms with van der Waals surface area (Å²) in [6.07, 6.45) is 0. The second kappa shape index (κ2) is 5.46. The van der Waals surface area contributed by atoms with Crippen LogP contribution in [0.15, 0.2) is 18.2 Å². The molecule has 1 aromatic rings. The minimum absolute atomic E-state index is 0. The summed E-state index contributed by atoms with van der Waals surface area (Å²) in [5.74, 6) is -1.03. The van der Waals surface area contributed by atoms with Crippen LogP contribution in [0.3, 0.4) is 0 Å². The van der Waals surface area contributed by atoms with Gasteiger partial charge in [0.05, 0.1) is 0 Å². The van der Waals surface area contributed by atoms with Gasteiger partial charge in [0.25, 0.3) is 0 Å². The van der Waals surface area contributed by atoms with Crippen LogP contribution in [0.5, 0.6) is 0 Å². The summed E-state index contributed by atoms with van der Waals surface area (Å²) in [6.45, 7) is 4.47. The molecule has 5 heteroatoms. The Morgan fingerprint density at radius 2 is 1.88 bits per heavy atom. The molecule has 1 heterocycles. The Hall–Kier alpha value is -0.870. The molecule has 0 radical (unpaired) electrons. The van der Waals surface area contributed by atoms with Crippen molar-refractivity contribution in [3.05, 3.63) is 29.8 Å². The van der Waals surface area contributed by atoms with Gasteiger partial charge in [0.1, 0.15) is 11.6 Å². The Kier molecular flexibility index (Phi) is 4.50. The highest BCUT2D eigenvalue weighted by Crippen LogP contribution is 2.19. The highest BCUT2D eigenvalue weighted by Gasteiger charge is 2.16. The lowest BCUT2D eigenvalue weighted by atomic mass is 10.2. The predicted octanol–water partition coefficient (Wildman–Crippen LogP) is 2.18. The number of anilines is 1. The minimum atomic E-state index is -0.517. The van der Waals surface area contributed by atoms with Crippen molar-refractivity contribution in [1.82, 2.24) is 5.32 Å². The summed E-state index contributed by atoms with van der Waals surface area (Å²) < 4.78 is 26.0. The first-order chi connectivity index (χ1) is 7.15. The number of nitrogens with zero attached hydrogens (tertiary/aromatic N) is 1. The van der Waals surface area contributed by atoms with Gasteiger partial charge in [-0.3, -0.25) is 0 Å². The zero-order valence-electron chi connectivity index (χ0n) is 9.04. The van der Waals surface area contributed by atoms with Crippen LogP contribution in [0.1, 0.15) is 6.92 Å². The van der Waals surface area contributed by atoms with Gasteiger partial charge in [-0.1, -0.05) is 0 Å². The monoisotopic (exact) mass is 248 g/mol. The first kappa shape index (κ1) is 13.2. The van der Waals surface area contributed by atoms with Crippen LogP contribution < -0.4 is 10.2 Å².